The van der Waals surface area contributed by atoms with Crippen LogP contribution in [0.1, 0.15) is 47.2 Å². The smallest absolute Gasteiger partial charge is 0.259 e. The molecular formula is C24H42N2O6Si. The van der Waals surface area contributed by atoms with Gasteiger partial charge in [-0.15, -0.1) is 0 Å². The van der Waals surface area contributed by atoms with Crippen molar-refractivity contribution in [2.45, 2.75) is 76.2 Å². The van der Waals surface area contributed by atoms with E-state index in [1.807, 2.05) is 6.07 Å². The normalized spacial score (nSPS) is 21.3. The molecule has 1 amide bonds. The standard InChI is InChI=1S/C24H42N2O6Si/c1-17(2)33(18(3)4,19(5)6)32-14-22-24(31-16-29-8,23(27)26(22)15-28-7)13-20-12-21(30-9)10-11-25-20/h10-12,17-19,22H,13-16H2,1-9H3/t22-,24+/m0/s1. The lowest BCUT2D eigenvalue weighted by Gasteiger charge is -2.56. The van der Waals surface area contributed by atoms with Crippen LogP contribution in [0.5, 0.6) is 5.75 Å². The molecule has 1 saturated heterocycles. The number of pyridine rings is 1. The summed E-state index contributed by atoms with van der Waals surface area (Å²) in [6.45, 7) is 14.0. The summed E-state index contributed by atoms with van der Waals surface area (Å²) in [6, 6.07) is 3.29. The van der Waals surface area contributed by atoms with E-state index in [0.717, 1.165) is 0 Å². The quantitative estimate of drug-likeness (QED) is 0.225. The molecule has 9 heteroatoms. The second-order valence-corrected chi connectivity index (χ2v) is 15.1. The van der Waals surface area contributed by atoms with Gasteiger partial charge in [0.1, 0.15) is 19.3 Å². The van der Waals surface area contributed by atoms with Crippen molar-refractivity contribution < 1.29 is 28.2 Å². The first kappa shape index (κ1) is 27.7. The van der Waals surface area contributed by atoms with Crippen molar-refractivity contribution >= 4 is 14.2 Å². The molecule has 0 radical (unpaired) electrons. The van der Waals surface area contributed by atoms with E-state index in [1.54, 1.807) is 38.5 Å². The van der Waals surface area contributed by atoms with Crippen LogP contribution in [0.2, 0.25) is 16.6 Å². The monoisotopic (exact) mass is 482 g/mol. The molecule has 1 aliphatic rings. The predicted molar refractivity (Wildman–Crippen MR) is 130 cm³/mol. The minimum atomic E-state index is -2.15. The molecule has 0 aromatic carbocycles. The fraction of sp³-hybridized carbons (Fsp3) is 0.750. The highest BCUT2D eigenvalue weighted by Gasteiger charge is 2.63. The molecule has 0 unspecified atom stereocenters. The first-order valence-electron chi connectivity index (χ1n) is 11.7. The number of amides is 1. The lowest BCUT2D eigenvalue weighted by molar-refractivity contribution is -0.237. The molecule has 1 aromatic rings. The van der Waals surface area contributed by atoms with Gasteiger partial charge < -0.3 is 28.3 Å². The third-order valence-corrected chi connectivity index (χ3v) is 13.0. The maximum absolute atomic E-state index is 13.4. The second kappa shape index (κ2) is 11.7. The second-order valence-electron chi connectivity index (χ2n) is 9.64. The van der Waals surface area contributed by atoms with E-state index in [2.05, 4.69) is 46.5 Å². The van der Waals surface area contributed by atoms with Crippen LogP contribution in [-0.4, -0.2) is 77.2 Å². The van der Waals surface area contributed by atoms with Gasteiger partial charge in [0.25, 0.3) is 5.91 Å². The summed E-state index contributed by atoms with van der Waals surface area (Å²) in [5.74, 6) is 0.534. The molecule has 33 heavy (non-hydrogen) atoms. The minimum absolute atomic E-state index is 0.00581. The van der Waals surface area contributed by atoms with Gasteiger partial charge in [-0.05, 0) is 22.7 Å². The first-order chi connectivity index (χ1) is 15.6. The molecule has 1 aromatic heterocycles. The minimum Gasteiger partial charge on any atom is -0.497 e. The van der Waals surface area contributed by atoms with E-state index < -0.39 is 13.9 Å². The van der Waals surface area contributed by atoms with E-state index >= 15 is 0 Å². The van der Waals surface area contributed by atoms with Gasteiger partial charge in [-0.1, -0.05) is 41.5 Å². The van der Waals surface area contributed by atoms with Gasteiger partial charge in [-0.2, -0.15) is 0 Å². The number of carbonyl (C=O) groups is 1. The van der Waals surface area contributed by atoms with Crippen molar-refractivity contribution in [3.05, 3.63) is 24.0 Å². The number of carbonyl (C=O) groups excluding carboxylic acids is 1. The Kier molecular flexibility index (Phi) is 9.87. The van der Waals surface area contributed by atoms with Crippen LogP contribution in [0, 0.1) is 0 Å². The maximum Gasteiger partial charge on any atom is 0.259 e. The van der Waals surface area contributed by atoms with E-state index in [4.69, 9.17) is 23.4 Å². The van der Waals surface area contributed by atoms with Crippen molar-refractivity contribution in [2.24, 2.45) is 0 Å². The fourth-order valence-corrected chi connectivity index (χ4v) is 10.9. The average molecular weight is 483 g/mol. The van der Waals surface area contributed by atoms with Gasteiger partial charge in [-0.3, -0.25) is 9.78 Å². The first-order valence-corrected chi connectivity index (χ1v) is 13.8. The van der Waals surface area contributed by atoms with Crippen molar-refractivity contribution in [3.63, 3.8) is 0 Å². The Balaban J connectivity index is 2.42. The molecule has 0 N–H and O–H groups in total. The Morgan fingerprint density at radius 3 is 2.21 bits per heavy atom. The Morgan fingerprint density at radius 2 is 1.70 bits per heavy atom. The Morgan fingerprint density at radius 1 is 1.06 bits per heavy atom. The van der Waals surface area contributed by atoms with Crippen molar-refractivity contribution in [1.29, 1.82) is 0 Å². The van der Waals surface area contributed by atoms with E-state index in [9.17, 15) is 4.79 Å². The summed E-state index contributed by atoms with van der Waals surface area (Å²) >= 11 is 0. The van der Waals surface area contributed by atoms with Gasteiger partial charge in [-0.25, -0.2) is 0 Å². The summed E-state index contributed by atoms with van der Waals surface area (Å²) in [5.41, 5.74) is 0.857. The highest BCUT2D eigenvalue weighted by molar-refractivity contribution is 6.77. The number of rotatable bonds is 14. The molecule has 0 aliphatic carbocycles. The number of ether oxygens (including phenoxy) is 4. The molecule has 0 saturated carbocycles. The van der Waals surface area contributed by atoms with E-state index in [0.29, 0.717) is 41.1 Å². The number of hydrogen-bond donors (Lipinski definition) is 0. The molecule has 1 fully saturated rings. The largest absolute Gasteiger partial charge is 0.497 e. The van der Waals surface area contributed by atoms with Gasteiger partial charge >= 0.3 is 0 Å². The molecule has 8 nitrogen and oxygen atoms in total. The van der Waals surface area contributed by atoms with Crippen LogP contribution in [-0.2, 0) is 29.9 Å². The number of β-lactam (4-membered cyclic amide) rings is 1. The summed E-state index contributed by atoms with van der Waals surface area (Å²) in [4.78, 5) is 19.6. The Hall–Kier alpha value is -1.52. The molecule has 2 rings (SSSR count). The summed E-state index contributed by atoms with van der Waals surface area (Å²) in [5, 5.41) is 0. The van der Waals surface area contributed by atoms with E-state index in [1.165, 1.54) is 0 Å². The fourth-order valence-electron chi connectivity index (χ4n) is 5.46. The van der Waals surface area contributed by atoms with Gasteiger partial charge in [0, 0.05) is 38.6 Å². The van der Waals surface area contributed by atoms with Crippen LogP contribution in [0.4, 0.5) is 0 Å². The third kappa shape index (κ3) is 5.43. The van der Waals surface area contributed by atoms with Crippen LogP contribution in [0.15, 0.2) is 18.3 Å². The third-order valence-electron chi connectivity index (χ3n) is 6.91. The maximum atomic E-state index is 13.4. The number of nitrogens with zero attached hydrogens (tertiary/aromatic N) is 2. The summed E-state index contributed by atoms with van der Waals surface area (Å²) in [6.07, 6.45) is 1.97. The molecule has 2 heterocycles. The lowest BCUT2D eigenvalue weighted by atomic mass is 9.79. The molecule has 0 bridgehead atoms. The van der Waals surface area contributed by atoms with Crippen LogP contribution < -0.4 is 4.74 Å². The van der Waals surface area contributed by atoms with Crippen LogP contribution in [0.25, 0.3) is 0 Å². The van der Waals surface area contributed by atoms with Gasteiger partial charge in [0.15, 0.2) is 13.9 Å². The van der Waals surface area contributed by atoms with Crippen molar-refractivity contribution in [3.8, 4) is 5.75 Å². The number of aromatic nitrogens is 1. The lowest BCUT2D eigenvalue weighted by Crippen LogP contribution is -2.78. The number of methoxy groups -OCH3 is 3. The highest BCUT2D eigenvalue weighted by Crippen LogP contribution is 2.44. The van der Waals surface area contributed by atoms with Gasteiger partial charge in [0.05, 0.1) is 19.8 Å². The molecule has 2 atom stereocenters. The summed E-state index contributed by atoms with van der Waals surface area (Å²) in [7, 11) is 2.59. The molecule has 0 spiro atoms. The van der Waals surface area contributed by atoms with Crippen LogP contribution >= 0.6 is 0 Å². The zero-order valence-corrected chi connectivity index (χ0v) is 22.7. The van der Waals surface area contributed by atoms with E-state index in [-0.39, 0.29) is 25.5 Å². The summed E-state index contributed by atoms with van der Waals surface area (Å²) < 4.78 is 28.9. The number of hydrogen-bond acceptors (Lipinski definition) is 7. The SMILES string of the molecule is COCO[C@@]1(Cc2cc(OC)ccn2)C(=O)N(COC)[C@H]1CO[Si](C(C)C)(C(C)C)C(C)C. The molecule has 188 valence electrons. The van der Waals surface area contributed by atoms with Crippen LogP contribution in [0.3, 0.4) is 0 Å². The van der Waals surface area contributed by atoms with Gasteiger partial charge in [0.2, 0.25) is 0 Å². The number of likely N-dealkylation sites (tertiary alicyclic amines) is 1. The Labute approximate surface area is 200 Å². The topological polar surface area (TPSA) is 79.4 Å². The average Bonchev–Trinajstić information content (AvgIpc) is 2.77. The predicted octanol–water partition coefficient (Wildman–Crippen LogP) is 4.00. The Bertz CT molecular complexity index is 753. The zero-order valence-electron chi connectivity index (χ0n) is 21.7. The van der Waals surface area contributed by atoms with Crippen molar-refractivity contribution in [1.82, 2.24) is 9.88 Å². The molecule has 1 aliphatic heterocycles. The zero-order chi connectivity index (χ0) is 24.8. The molecular weight excluding hydrogens is 440 g/mol. The highest BCUT2D eigenvalue weighted by atomic mass is 28.4. The van der Waals surface area contributed by atoms with Crippen molar-refractivity contribution in [2.75, 3.05) is 41.5 Å².